The maximum absolute atomic E-state index is 4.20. The van der Waals surface area contributed by atoms with E-state index in [1.54, 1.807) is 0 Å². The molecule has 0 aromatic carbocycles. The summed E-state index contributed by atoms with van der Waals surface area (Å²) in [5, 5.41) is 0. The van der Waals surface area contributed by atoms with Crippen molar-refractivity contribution in [1.82, 2.24) is 0 Å². The van der Waals surface area contributed by atoms with E-state index < -0.39 is 0 Å². The van der Waals surface area contributed by atoms with Crippen molar-refractivity contribution in [3.8, 4) is 0 Å². The quantitative estimate of drug-likeness (QED) is 0.463. The standard InChI is InChI=1S/C6H15PS/c1-3-4-5-7(2)6-8/h5,7-8H,3-4,6H2,1-2H3. The Morgan fingerprint density at radius 2 is 2.25 bits per heavy atom. The molecule has 0 radical (unpaired) electrons. The summed E-state index contributed by atoms with van der Waals surface area (Å²) in [5.41, 5.74) is 1.09. The molecule has 8 heavy (non-hydrogen) atoms. The molecule has 0 nitrogen and oxygen atoms in total. The van der Waals surface area contributed by atoms with Gasteiger partial charge in [-0.25, -0.2) is 0 Å². The van der Waals surface area contributed by atoms with Crippen LogP contribution in [0.5, 0.6) is 0 Å². The topological polar surface area (TPSA) is 0 Å². The molecule has 2 heteroatoms. The Bertz CT molecular complexity index is 78.6. The number of hydrogen-bond acceptors (Lipinski definition) is 1. The van der Waals surface area contributed by atoms with Gasteiger partial charge in [0.15, 0.2) is 0 Å². The second-order valence-electron chi connectivity index (χ2n) is 2.00. The van der Waals surface area contributed by atoms with E-state index in [2.05, 4.69) is 32.0 Å². The first kappa shape index (κ1) is 8.65. The smallest absolute Gasteiger partial charge is 0.00727 e. The summed E-state index contributed by atoms with van der Waals surface area (Å²) in [4.78, 5) is 0. The second-order valence-corrected chi connectivity index (χ2v) is 5.36. The van der Waals surface area contributed by atoms with Crippen LogP contribution in [0, 0.1) is 0 Å². The minimum absolute atomic E-state index is 0.152. The molecule has 1 atom stereocenters. The molecular weight excluding hydrogens is 135 g/mol. The van der Waals surface area contributed by atoms with E-state index >= 15 is 0 Å². The Morgan fingerprint density at radius 3 is 2.62 bits per heavy atom. The van der Waals surface area contributed by atoms with E-state index in [-0.39, 0.29) is 7.55 Å². The number of thiol groups is 1. The van der Waals surface area contributed by atoms with Crippen LogP contribution < -0.4 is 0 Å². The van der Waals surface area contributed by atoms with Gasteiger partial charge in [-0.2, -0.15) is 12.6 Å². The van der Waals surface area contributed by atoms with Gasteiger partial charge < -0.3 is 0 Å². The minimum Gasteiger partial charge on any atom is -0.175 e. The van der Waals surface area contributed by atoms with Crippen molar-refractivity contribution >= 4 is 26.0 Å². The van der Waals surface area contributed by atoms with Gasteiger partial charge in [0, 0.05) is 5.49 Å². The maximum atomic E-state index is 4.20. The normalized spacial score (nSPS) is 14.4. The van der Waals surface area contributed by atoms with E-state index in [9.17, 15) is 0 Å². The van der Waals surface area contributed by atoms with Gasteiger partial charge in [0.05, 0.1) is 0 Å². The first-order chi connectivity index (χ1) is 3.81. The Labute approximate surface area is 58.5 Å². The first-order valence-electron chi connectivity index (χ1n) is 3.07. The molecule has 0 bridgehead atoms. The van der Waals surface area contributed by atoms with Gasteiger partial charge in [0.1, 0.15) is 0 Å². The van der Waals surface area contributed by atoms with Crippen molar-refractivity contribution in [2.75, 3.05) is 12.2 Å². The highest BCUT2D eigenvalue weighted by Crippen LogP contribution is 2.17. The molecule has 50 valence electrons. The molecule has 0 amide bonds. The summed E-state index contributed by atoms with van der Waals surface area (Å²) in [6.45, 7) is 4.51. The molecule has 0 fully saturated rings. The van der Waals surface area contributed by atoms with Gasteiger partial charge in [-0.05, 0) is 13.1 Å². The van der Waals surface area contributed by atoms with Crippen LogP contribution in [-0.2, 0) is 0 Å². The van der Waals surface area contributed by atoms with Crippen molar-refractivity contribution in [2.45, 2.75) is 19.8 Å². The maximum Gasteiger partial charge on any atom is 0.00727 e. The third kappa shape index (κ3) is 4.80. The summed E-state index contributed by atoms with van der Waals surface area (Å²) in [7, 11) is -0.152. The number of hydrogen-bond donors (Lipinski definition) is 1. The van der Waals surface area contributed by atoms with Crippen molar-refractivity contribution in [1.29, 1.82) is 0 Å². The lowest BCUT2D eigenvalue weighted by molar-refractivity contribution is 1.02. The van der Waals surface area contributed by atoms with Crippen molar-refractivity contribution in [3.63, 3.8) is 0 Å². The summed E-state index contributed by atoms with van der Waals surface area (Å²) < 4.78 is 0. The summed E-state index contributed by atoms with van der Waals surface area (Å²) in [5.74, 6) is 2.43. The van der Waals surface area contributed by atoms with Crippen LogP contribution in [0.1, 0.15) is 19.8 Å². The number of rotatable bonds is 3. The zero-order valence-electron chi connectivity index (χ0n) is 5.65. The third-order valence-electron chi connectivity index (χ3n) is 1.03. The van der Waals surface area contributed by atoms with Gasteiger partial charge in [-0.15, -0.1) is 7.55 Å². The lowest BCUT2D eigenvalue weighted by Gasteiger charge is -1.92. The highest BCUT2D eigenvalue weighted by molar-refractivity contribution is 7.89. The molecule has 0 aromatic heterocycles. The lowest BCUT2D eigenvalue weighted by atomic mass is 10.4. The highest BCUT2D eigenvalue weighted by atomic mass is 32.1. The van der Waals surface area contributed by atoms with E-state index in [0.717, 1.165) is 5.49 Å². The lowest BCUT2D eigenvalue weighted by Crippen LogP contribution is -1.71. The molecule has 0 aliphatic carbocycles. The van der Waals surface area contributed by atoms with Gasteiger partial charge in [-0.1, -0.05) is 19.1 Å². The van der Waals surface area contributed by atoms with Gasteiger partial charge >= 0.3 is 0 Å². The molecule has 0 aliphatic heterocycles. The molecule has 0 saturated heterocycles. The Kier molecular flexibility index (Phi) is 6.25. The average molecular weight is 150 g/mol. The van der Waals surface area contributed by atoms with Crippen LogP contribution in [0.4, 0.5) is 0 Å². The van der Waals surface area contributed by atoms with Crippen LogP contribution in [0.15, 0.2) is 0 Å². The Hall–Kier alpha value is 0.650. The average Bonchev–Trinajstić information content (AvgIpc) is 1.83. The van der Waals surface area contributed by atoms with Crippen molar-refractivity contribution in [2.24, 2.45) is 0 Å². The van der Waals surface area contributed by atoms with Gasteiger partial charge in [-0.3, -0.25) is 0 Å². The molecular formula is C6H15PS. The zero-order valence-corrected chi connectivity index (χ0v) is 7.54. The van der Waals surface area contributed by atoms with Crippen LogP contribution in [0.25, 0.3) is 0 Å². The molecule has 0 saturated carbocycles. The summed E-state index contributed by atoms with van der Waals surface area (Å²) in [6.07, 6.45) is 2.57. The SMILES string of the molecule is CCC/C=[PH](\C)CS. The summed E-state index contributed by atoms with van der Waals surface area (Å²) in [6, 6.07) is 0. The predicted octanol–water partition coefficient (Wildman–Crippen LogP) is 2.32. The fourth-order valence-corrected chi connectivity index (χ4v) is 1.75. The van der Waals surface area contributed by atoms with E-state index in [0.29, 0.717) is 0 Å². The molecule has 0 N–H and O–H groups in total. The van der Waals surface area contributed by atoms with Crippen LogP contribution in [-0.4, -0.2) is 18.0 Å². The van der Waals surface area contributed by atoms with Crippen molar-refractivity contribution in [3.05, 3.63) is 0 Å². The molecule has 0 aromatic rings. The highest BCUT2D eigenvalue weighted by Gasteiger charge is 1.78. The van der Waals surface area contributed by atoms with Gasteiger partial charge in [0.2, 0.25) is 0 Å². The van der Waals surface area contributed by atoms with E-state index in [4.69, 9.17) is 0 Å². The van der Waals surface area contributed by atoms with Crippen LogP contribution in [0.3, 0.4) is 0 Å². The Balaban J connectivity index is 3.26. The van der Waals surface area contributed by atoms with E-state index in [1.807, 2.05) is 0 Å². The summed E-state index contributed by atoms with van der Waals surface area (Å²) >= 11 is 4.20. The molecule has 0 heterocycles. The number of unbranched alkanes of at least 4 members (excludes halogenated alkanes) is 1. The van der Waals surface area contributed by atoms with Gasteiger partial charge in [0.25, 0.3) is 0 Å². The molecule has 0 spiro atoms. The molecule has 1 unspecified atom stereocenters. The van der Waals surface area contributed by atoms with Crippen molar-refractivity contribution < 1.29 is 0 Å². The second kappa shape index (κ2) is 5.78. The molecule has 0 rings (SSSR count). The molecule has 0 aliphatic rings. The minimum atomic E-state index is -0.152. The monoisotopic (exact) mass is 150 g/mol. The predicted molar refractivity (Wildman–Crippen MR) is 49.1 cm³/mol. The van der Waals surface area contributed by atoms with Crippen LogP contribution in [0.2, 0.25) is 0 Å². The van der Waals surface area contributed by atoms with Crippen LogP contribution >= 0.6 is 20.2 Å². The fraction of sp³-hybridized carbons (Fsp3) is 0.833. The van der Waals surface area contributed by atoms with E-state index in [1.165, 1.54) is 12.8 Å². The fourth-order valence-electron chi connectivity index (χ4n) is 0.455. The third-order valence-corrected chi connectivity index (χ3v) is 4.01. The zero-order chi connectivity index (χ0) is 6.41. The Morgan fingerprint density at radius 1 is 1.62 bits per heavy atom. The largest absolute Gasteiger partial charge is 0.175 e. The first-order valence-corrected chi connectivity index (χ1v) is 5.99.